The van der Waals surface area contributed by atoms with Crippen molar-refractivity contribution in [2.75, 3.05) is 7.05 Å². The van der Waals surface area contributed by atoms with Gasteiger partial charge in [0.2, 0.25) is 0 Å². The van der Waals surface area contributed by atoms with Gasteiger partial charge in [0, 0.05) is 0 Å². The van der Waals surface area contributed by atoms with Crippen LogP contribution in [0.1, 0.15) is 13.8 Å². The van der Waals surface area contributed by atoms with E-state index < -0.39 is 5.54 Å². The summed E-state index contributed by atoms with van der Waals surface area (Å²) in [7, 11) is 1.77. The van der Waals surface area contributed by atoms with Gasteiger partial charge in [0.1, 0.15) is 0 Å². The Morgan fingerprint density at radius 3 is 2.67 bits per heavy atom. The molecule has 1 atom stereocenters. The van der Waals surface area contributed by atoms with Gasteiger partial charge in [0.15, 0.2) is 0 Å². The predicted molar refractivity (Wildman–Crippen MR) is 45.6 cm³/mol. The summed E-state index contributed by atoms with van der Waals surface area (Å²) >= 11 is 0.189. The molecule has 68 valence electrons. The molecule has 0 aromatic rings. The fourth-order valence-corrected chi connectivity index (χ4v) is 3.20. The Hall–Kier alpha value is -0.541. The standard InChI is InChI=1S/C7H12N2O2Se/c1-5(10)8-7(2)4-12-9(3)6(7)11/h4H2,1-3H3,(H,8,10). The molecule has 1 fully saturated rings. The summed E-state index contributed by atoms with van der Waals surface area (Å²) in [4.78, 5) is 22.3. The van der Waals surface area contributed by atoms with Crippen molar-refractivity contribution >= 4 is 27.0 Å². The Labute approximate surface area is 78.0 Å². The Morgan fingerprint density at radius 2 is 2.33 bits per heavy atom. The summed E-state index contributed by atoms with van der Waals surface area (Å²) in [5.41, 5.74) is -0.638. The molecule has 0 radical (unpaired) electrons. The average Bonchev–Trinajstić information content (AvgIpc) is 2.16. The van der Waals surface area contributed by atoms with Crippen molar-refractivity contribution in [2.24, 2.45) is 0 Å². The average molecular weight is 235 g/mol. The number of likely N-dealkylation sites (N-methyl/N-ethyl adjacent to an activating group) is 1. The van der Waals surface area contributed by atoms with Gasteiger partial charge in [0.05, 0.1) is 0 Å². The predicted octanol–water partition coefficient (Wildman–Crippen LogP) is -0.609. The van der Waals surface area contributed by atoms with E-state index in [0.29, 0.717) is 0 Å². The molecule has 1 rings (SSSR count). The second-order valence-electron chi connectivity index (χ2n) is 3.09. The van der Waals surface area contributed by atoms with E-state index in [0.717, 1.165) is 5.32 Å². The van der Waals surface area contributed by atoms with Crippen LogP contribution in [-0.2, 0) is 9.59 Å². The van der Waals surface area contributed by atoms with Crippen LogP contribution in [0.3, 0.4) is 0 Å². The van der Waals surface area contributed by atoms with Gasteiger partial charge >= 0.3 is 77.6 Å². The van der Waals surface area contributed by atoms with E-state index in [9.17, 15) is 9.59 Å². The van der Waals surface area contributed by atoms with Crippen LogP contribution in [0.2, 0.25) is 5.32 Å². The first-order valence-corrected chi connectivity index (χ1v) is 5.63. The van der Waals surface area contributed by atoms with Gasteiger partial charge in [-0.25, -0.2) is 0 Å². The van der Waals surface area contributed by atoms with Gasteiger partial charge in [0.25, 0.3) is 0 Å². The number of carbonyl (C=O) groups excluding carboxylic acids is 2. The molecule has 12 heavy (non-hydrogen) atoms. The minimum atomic E-state index is -0.638. The van der Waals surface area contributed by atoms with Crippen LogP contribution >= 0.6 is 0 Å². The monoisotopic (exact) mass is 236 g/mol. The molecule has 1 aliphatic rings. The number of carbonyl (C=O) groups is 2. The normalized spacial score (nSPS) is 29.2. The van der Waals surface area contributed by atoms with Crippen molar-refractivity contribution in [1.82, 2.24) is 9.23 Å². The molecule has 1 saturated heterocycles. The molecular formula is C7H12N2O2Se. The molecule has 0 bridgehead atoms. The van der Waals surface area contributed by atoms with Crippen molar-refractivity contribution < 1.29 is 9.59 Å². The Balaban J connectivity index is 2.72. The van der Waals surface area contributed by atoms with Gasteiger partial charge in [-0.2, -0.15) is 0 Å². The third-order valence-corrected chi connectivity index (χ3v) is 4.40. The molecule has 0 aromatic heterocycles. The van der Waals surface area contributed by atoms with Crippen LogP contribution in [-0.4, -0.2) is 43.5 Å². The maximum absolute atomic E-state index is 11.5. The van der Waals surface area contributed by atoms with Crippen LogP contribution in [0.4, 0.5) is 0 Å². The number of amides is 2. The van der Waals surface area contributed by atoms with E-state index in [-0.39, 0.29) is 27.0 Å². The molecular weight excluding hydrogens is 223 g/mol. The molecule has 5 heteroatoms. The van der Waals surface area contributed by atoms with Crippen molar-refractivity contribution in [3.8, 4) is 0 Å². The fraction of sp³-hybridized carbons (Fsp3) is 0.714. The number of nitrogens with zero attached hydrogens (tertiary/aromatic N) is 1. The summed E-state index contributed by atoms with van der Waals surface area (Å²) in [6, 6.07) is 0. The van der Waals surface area contributed by atoms with Crippen LogP contribution in [0.5, 0.6) is 0 Å². The van der Waals surface area contributed by atoms with Crippen LogP contribution < -0.4 is 5.32 Å². The van der Waals surface area contributed by atoms with Crippen molar-refractivity contribution in [3.63, 3.8) is 0 Å². The fourth-order valence-electron chi connectivity index (χ4n) is 1.17. The van der Waals surface area contributed by atoms with Crippen molar-refractivity contribution in [1.29, 1.82) is 0 Å². The number of hydrogen-bond acceptors (Lipinski definition) is 2. The number of rotatable bonds is 1. The summed E-state index contributed by atoms with van der Waals surface area (Å²) in [6.45, 7) is 3.21. The van der Waals surface area contributed by atoms with Gasteiger partial charge in [-0.1, -0.05) is 0 Å². The van der Waals surface area contributed by atoms with Gasteiger partial charge in [-0.05, 0) is 0 Å². The minimum absolute atomic E-state index is 0.0256. The number of hydrogen-bond donors (Lipinski definition) is 1. The second kappa shape index (κ2) is 3.07. The zero-order chi connectivity index (χ0) is 9.35. The van der Waals surface area contributed by atoms with Crippen LogP contribution in [0.15, 0.2) is 0 Å². The summed E-state index contributed by atoms with van der Waals surface area (Å²) < 4.78 is 1.70. The summed E-state index contributed by atoms with van der Waals surface area (Å²) in [6.07, 6.45) is 0. The zero-order valence-electron chi connectivity index (χ0n) is 7.38. The first-order valence-electron chi connectivity index (χ1n) is 3.65. The SMILES string of the molecule is CC(=O)NC1(C)C[Se]N(C)C1=O. The topological polar surface area (TPSA) is 49.4 Å². The Morgan fingerprint density at radius 1 is 1.75 bits per heavy atom. The summed E-state index contributed by atoms with van der Waals surface area (Å²) in [5.74, 6) is -0.116. The van der Waals surface area contributed by atoms with E-state index in [4.69, 9.17) is 0 Å². The molecule has 1 N–H and O–H groups in total. The van der Waals surface area contributed by atoms with Gasteiger partial charge in [-0.15, -0.1) is 0 Å². The Kier molecular flexibility index (Phi) is 2.44. The third kappa shape index (κ3) is 1.62. The molecule has 0 aromatic carbocycles. The third-order valence-electron chi connectivity index (χ3n) is 1.76. The molecule has 0 spiro atoms. The van der Waals surface area contributed by atoms with Gasteiger partial charge in [-0.3, -0.25) is 0 Å². The summed E-state index contributed by atoms with van der Waals surface area (Å²) in [5, 5.41) is 3.44. The molecule has 0 saturated carbocycles. The van der Waals surface area contributed by atoms with E-state index in [2.05, 4.69) is 5.32 Å². The van der Waals surface area contributed by atoms with Crippen LogP contribution in [0.25, 0.3) is 0 Å². The molecule has 4 nitrogen and oxygen atoms in total. The molecule has 1 aliphatic heterocycles. The molecule has 1 unspecified atom stereocenters. The van der Waals surface area contributed by atoms with E-state index in [1.54, 1.807) is 17.9 Å². The Bertz CT molecular complexity index is 231. The quantitative estimate of drug-likeness (QED) is 0.616. The second-order valence-corrected chi connectivity index (χ2v) is 5.39. The van der Waals surface area contributed by atoms with E-state index in [1.165, 1.54) is 6.92 Å². The van der Waals surface area contributed by atoms with Crippen molar-refractivity contribution in [3.05, 3.63) is 0 Å². The number of nitrogens with one attached hydrogen (secondary N) is 1. The van der Waals surface area contributed by atoms with Crippen molar-refractivity contribution in [2.45, 2.75) is 24.7 Å². The molecule has 1 heterocycles. The van der Waals surface area contributed by atoms with E-state index >= 15 is 0 Å². The maximum atomic E-state index is 11.5. The van der Waals surface area contributed by atoms with Crippen LogP contribution in [0, 0.1) is 0 Å². The molecule has 2 amide bonds. The first-order chi connectivity index (χ1) is 5.46. The first kappa shape index (κ1) is 9.55. The molecule has 0 aliphatic carbocycles. The van der Waals surface area contributed by atoms with Gasteiger partial charge < -0.3 is 0 Å². The van der Waals surface area contributed by atoms with E-state index in [1.807, 2.05) is 0 Å². The zero-order valence-corrected chi connectivity index (χ0v) is 9.09.